The van der Waals surface area contributed by atoms with Crippen molar-refractivity contribution in [1.29, 1.82) is 0 Å². The van der Waals surface area contributed by atoms with Crippen molar-refractivity contribution < 1.29 is 9.53 Å². The quantitative estimate of drug-likeness (QED) is 0.471. The van der Waals surface area contributed by atoms with Gasteiger partial charge in [-0.2, -0.15) is 0 Å². The third kappa shape index (κ3) is 4.35. The van der Waals surface area contributed by atoms with Crippen LogP contribution >= 0.6 is 11.3 Å². The molecule has 0 aliphatic carbocycles. The fourth-order valence-electron chi connectivity index (χ4n) is 3.08. The van der Waals surface area contributed by atoms with E-state index in [9.17, 15) is 4.79 Å². The Hall–Kier alpha value is -2.70. The Morgan fingerprint density at radius 3 is 2.89 bits per heavy atom. The van der Waals surface area contributed by atoms with Gasteiger partial charge in [0.1, 0.15) is 11.6 Å². The molecule has 0 aliphatic rings. The smallest absolute Gasteiger partial charge is 0.246 e. The van der Waals surface area contributed by atoms with Crippen LogP contribution in [-0.2, 0) is 22.7 Å². The number of carbonyl (C=O) groups is 1. The van der Waals surface area contributed by atoms with E-state index in [1.54, 1.807) is 11.3 Å². The van der Waals surface area contributed by atoms with Crippen LogP contribution in [0.5, 0.6) is 0 Å². The molecular formula is C21H21N3O2S. The van der Waals surface area contributed by atoms with Crippen molar-refractivity contribution in [2.24, 2.45) is 0 Å². The highest BCUT2D eigenvalue weighted by Crippen LogP contribution is 2.21. The molecule has 0 spiro atoms. The van der Waals surface area contributed by atoms with Crippen LogP contribution in [0.3, 0.4) is 0 Å². The van der Waals surface area contributed by atoms with Crippen LogP contribution in [0.25, 0.3) is 21.1 Å². The van der Waals surface area contributed by atoms with Crippen molar-refractivity contribution in [3.8, 4) is 0 Å². The highest BCUT2D eigenvalue weighted by molar-refractivity contribution is 7.18. The second-order valence-corrected chi connectivity index (χ2v) is 7.45. The van der Waals surface area contributed by atoms with Gasteiger partial charge in [-0.3, -0.25) is 4.79 Å². The van der Waals surface area contributed by atoms with Gasteiger partial charge >= 0.3 is 0 Å². The van der Waals surface area contributed by atoms with Crippen LogP contribution in [0.15, 0.2) is 60.8 Å². The Labute approximate surface area is 161 Å². The minimum atomic E-state index is -0.0894. The predicted octanol–water partition coefficient (Wildman–Crippen LogP) is 3.97. The number of aromatic nitrogens is 2. The summed E-state index contributed by atoms with van der Waals surface area (Å²) in [5.74, 6) is -0.0894. The van der Waals surface area contributed by atoms with Crippen molar-refractivity contribution in [2.75, 3.05) is 13.2 Å². The molecule has 0 aliphatic heterocycles. The first-order chi connectivity index (χ1) is 13.3. The van der Waals surface area contributed by atoms with E-state index in [1.165, 1.54) is 10.9 Å². The largest absolute Gasteiger partial charge is 0.364 e. The van der Waals surface area contributed by atoms with Gasteiger partial charge in [0.2, 0.25) is 5.91 Å². The zero-order valence-electron chi connectivity index (χ0n) is 14.9. The molecule has 0 unspecified atom stereocenters. The molecule has 0 saturated heterocycles. The van der Waals surface area contributed by atoms with Crippen LogP contribution in [0.1, 0.15) is 11.4 Å². The average molecular weight is 379 g/mol. The van der Waals surface area contributed by atoms with Gasteiger partial charge in [0, 0.05) is 24.8 Å². The molecule has 0 atom stereocenters. The number of nitrogens with zero attached hydrogens (tertiary/aromatic N) is 2. The summed E-state index contributed by atoms with van der Waals surface area (Å²) in [6.07, 6.45) is 2.97. The lowest BCUT2D eigenvalue weighted by Gasteiger charge is -2.07. The minimum absolute atomic E-state index is 0.0579. The van der Waals surface area contributed by atoms with Gasteiger partial charge in [0.15, 0.2) is 0 Å². The van der Waals surface area contributed by atoms with Crippen molar-refractivity contribution in [3.05, 3.63) is 65.8 Å². The monoisotopic (exact) mass is 379 g/mol. The molecule has 6 heteroatoms. The lowest BCUT2D eigenvalue weighted by atomic mass is 10.2. The molecule has 138 valence electrons. The average Bonchev–Trinajstić information content (AvgIpc) is 3.29. The summed E-state index contributed by atoms with van der Waals surface area (Å²) >= 11 is 1.60. The first-order valence-electron chi connectivity index (χ1n) is 9.02. The molecule has 0 bridgehead atoms. The number of hydrogen-bond donors (Lipinski definition) is 1. The molecule has 2 heterocycles. The third-order valence-corrected chi connectivity index (χ3v) is 5.38. The highest BCUT2D eigenvalue weighted by atomic mass is 32.1. The number of hydrogen-bond acceptors (Lipinski definition) is 4. The molecule has 0 radical (unpaired) electrons. The number of carbonyl (C=O) groups excluding carboxylic acids is 1. The highest BCUT2D eigenvalue weighted by Gasteiger charge is 2.06. The van der Waals surface area contributed by atoms with Gasteiger partial charge in [0.25, 0.3) is 0 Å². The molecule has 27 heavy (non-hydrogen) atoms. The molecule has 1 amide bonds. The zero-order valence-corrected chi connectivity index (χ0v) is 15.7. The SMILES string of the molecule is O=C(COCc1nc2ccccc2s1)NCCCn1ccc2ccccc21. The molecule has 5 nitrogen and oxygen atoms in total. The second kappa shape index (κ2) is 8.33. The van der Waals surface area contributed by atoms with E-state index in [0.717, 1.165) is 28.2 Å². The Balaban J connectivity index is 1.16. The van der Waals surface area contributed by atoms with E-state index in [0.29, 0.717) is 13.2 Å². The van der Waals surface area contributed by atoms with E-state index in [-0.39, 0.29) is 12.5 Å². The maximum Gasteiger partial charge on any atom is 0.246 e. The number of rotatable bonds is 8. The molecule has 0 fully saturated rings. The van der Waals surface area contributed by atoms with Gasteiger partial charge in [-0.15, -0.1) is 11.3 Å². The van der Waals surface area contributed by atoms with E-state index in [4.69, 9.17) is 4.74 Å². The zero-order chi connectivity index (χ0) is 18.5. The Morgan fingerprint density at radius 2 is 1.96 bits per heavy atom. The number of benzene rings is 2. The molecule has 2 aromatic heterocycles. The molecule has 0 saturated carbocycles. The van der Waals surface area contributed by atoms with Crippen LogP contribution in [0.2, 0.25) is 0 Å². The van der Waals surface area contributed by atoms with Crippen molar-refractivity contribution >= 4 is 38.4 Å². The fourth-order valence-corrected chi connectivity index (χ4v) is 3.98. The van der Waals surface area contributed by atoms with Gasteiger partial charge in [-0.05, 0) is 36.1 Å². The summed E-state index contributed by atoms with van der Waals surface area (Å²) in [5.41, 5.74) is 2.20. The number of nitrogens with one attached hydrogen (secondary N) is 1. The van der Waals surface area contributed by atoms with Crippen LogP contribution < -0.4 is 5.32 Å². The number of fused-ring (bicyclic) bond motifs is 2. The predicted molar refractivity (Wildman–Crippen MR) is 109 cm³/mol. The van der Waals surface area contributed by atoms with Crippen molar-refractivity contribution in [2.45, 2.75) is 19.6 Å². The maximum atomic E-state index is 11.9. The summed E-state index contributed by atoms with van der Waals surface area (Å²) in [6.45, 7) is 1.93. The summed E-state index contributed by atoms with van der Waals surface area (Å²) in [7, 11) is 0. The summed E-state index contributed by atoms with van der Waals surface area (Å²) in [4.78, 5) is 16.4. The van der Waals surface area contributed by atoms with Gasteiger partial charge in [0.05, 0.1) is 16.8 Å². The Kier molecular flexibility index (Phi) is 5.46. The lowest BCUT2D eigenvalue weighted by Crippen LogP contribution is -2.29. The normalized spacial score (nSPS) is 11.3. The van der Waals surface area contributed by atoms with Gasteiger partial charge in [-0.25, -0.2) is 4.98 Å². The fraction of sp³-hybridized carbons (Fsp3) is 0.238. The summed E-state index contributed by atoms with van der Waals surface area (Å²) in [6, 6.07) is 18.4. The molecule has 2 aromatic carbocycles. The van der Waals surface area contributed by atoms with Crippen molar-refractivity contribution in [3.63, 3.8) is 0 Å². The topological polar surface area (TPSA) is 56.1 Å². The van der Waals surface area contributed by atoms with Crippen LogP contribution in [0.4, 0.5) is 0 Å². The molecule has 1 N–H and O–H groups in total. The number of para-hydroxylation sites is 2. The maximum absolute atomic E-state index is 11.9. The minimum Gasteiger partial charge on any atom is -0.364 e. The van der Waals surface area contributed by atoms with Gasteiger partial charge < -0.3 is 14.6 Å². The first kappa shape index (κ1) is 17.7. The summed E-state index contributed by atoms with van der Waals surface area (Å²) < 4.78 is 8.85. The number of aryl methyl sites for hydroxylation is 1. The molecular weight excluding hydrogens is 358 g/mol. The lowest BCUT2D eigenvalue weighted by molar-refractivity contribution is -0.126. The standard InChI is InChI=1S/C21H21N3O2S/c25-20(14-26-15-21-23-17-7-2-4-9-19(17)27-21)22-11-5-12-24-13-10-16-6-1-3-8-18(16)24/h1-4,6-10,13H,5,11-12,14-15H2,(H,22,25). The Morgan fingerprint density at radius 1 is 1.11 bits per heavy atom. The third-order valence-electron chi connectivity index (χ3n) is 4.38. The molecule has 4 aromatic rings. The summed E-state index contributed by atoms with van der Waals surface area (Å²) in [5, 5.41) is 5.04. The van der Waals surface area contributed by atoms with E-state index in [2.05, 4.69) is 39.3 Å². The van der Waals surface area contributed by atoms with Crippen molar-refractivity contribution in [1.82, 2.24) is 14.9 Å². The number of amides is 1. The first-order valence-corrected chi connectivity index (χ1v) is 9.84. The Bertz CT molecular complexity index is 1020. The number of ether oxygens (including phenoxy) is 1. The van der Waals surface area contributed by atoms with E-state index in [1.807, 2.05) is 36.4 Å². The van der Waals surface area contributed by atoms with Gasteiger partial charge in [-0.1, -0.05) is 30.3 Å². The van der Waals surface area contributed by atoms with Crippen LogP contribution in [0, 0.1) is 0 Å². The van der Waals surface area contributed by atoms with E-state index < -0.39 is 0 Å². The van der Waals surface area contributed by atoms with E-state index >= 15 is 0 Å². The number of thiazole rings is 1. The second-order valence-electron chi connectivity index (χ2n) is 6.34. The van der Waals surface area contributed by atoms with Crippen LogP contribution in [-0.4, -0.2) is 28.6 Å². The molecule has 4 rings (SSSR count).